The van der Waals surface area contributed by atoms with E-state index in [2.05, 4.69) is 32.9 Å². The van der Waals surface area contributed by atoms with Crippen molar-refractivity contribution in [1.82, 2.24) is 15.6 Å². The van der Waals surface area contributed by atoms with E-state index in [-0.39, 0.29) is 11.8 Å². The summed E-state index contributed by atoms with van der Waals surface area (Å²) in [6.45, 7) is 7.26. The fourth-order valence-electron chi connectivity index (χ4n) is 2.20. The molecule has 0 aliphatic heterocycles. The van der Waals surface area contributed by atoms with Crippen LogP contribution in [0.1, 0.15) is 29.3 Å². The van der Waals surface area contributed by atoms with Gasteiger partial charge in [-0.3, -0.25) is 9.79 Å². The first-order valence-corrected chi connectivity index (χ1v) is 9.55. The van der Waals surface area contributed by atoms with Crippen LogP contribution in [0, 0.1) is 12.8 Å². The summed E-state index contributed by atoms with van der Waals surface area (Å²) >= 11 is 1.72. The van der Waals surface area contributed by atoms with Gasteiger partial charge in [0.1, 0.15) is 0 Å². The number of amides is 1. The number of thiazole rings is 1. The first-order valence-electron chi connectivity index (χ1n) is 8.73. The number of aryl methyl sites for hydroxylation is 1. The molecule has 0 saturated carbocycles. The molecule has 0 aliphatic carbocycles. The van der Waals surface area contributed by atoms with Crippen molar-refractivity contribution in [3.8, 4) is 0 Å². The molecule has 7 heteroatoms. The van der Waals surface area contributed by atoms with Crippen LogP contribution in [0.3, 0.4) is 0 Å². The molecule has 0 spiro atoms. The Morgan fingerprint density at radius 3 is 2.54 bits per heavy atom. The molecule has 0 fully saturated rings. The second-order valence-electron chi connectivity index (χ2n) is 6.31. The summed E-state index contributed by atoms with van der Waals surface area (Å²) in [7, 11) is 1.76. The van der Waals surface area contributed by atoms with Crippen LogP contribution < -0.4 is 16.0 Å². The summed E-state index contributed by atoms with van der Waals surface area (Å²) in [6, 6.07) is 7.82. The number of carbonyl (C=O) groups is 1. The van der Waals surface area contributed by atoms with Gasteiger partial charge in [0.05, 0.1) is 5.01 Å². The van der Waals surface area contributed by atoms with Gasteiger partial charge in [0, 0.05) is 49.2 Å². The van der Waals surface area contributed by atoms with Gasteiger partial charge in [-0.25, -0.2) is 4.98 Å². The minimum Gasteiger partial charge on any atom is -0.356 e. The molecule has 0 bridgehead atoms. The molecular weight excluding hydrogens is 346 g/mol. The van der Waals surface area contributed by atoms with Crippen LogP contribution in [0.25, 0.3) is 0 Å². The average Bonchev–Trinajstić information content (AvgIpc) is 3.04. The highest BCUT2D eigenvalue weighted by molar-refractivity contribution is 7.11. The molecule has 6 nitrogen and oxygen atoms in total. The van der Waals surface area contributed by atoms with Gasteiger partial charge in [-0.15, -0.1) is 11.3 Å². The largest absolute Gasteiger partial charge is 0.356 e. The van der Waals surface area contributed by atoms with E-state index in [0.717, 1.165) is 35.2 Å². The van der Waals surface area contributed by atoms with Crippen molar-refractivity contribution in [2.45, 2.75) is 33.7 Å². The van der Waals surface area contributed by atoms with E-state index >= 15 is 0 Å². The number of hydrogen-bond acceptors (Lipinski definition) is 4. The zero-order valence-electron chi connectivity index (χ0n) is 15.8. The molecule has 1 heterocycles. The van der Waals surface area contributed by atoms with E-state index in [1.165, 1.54) is 4.88 Å². The first kappa shape index (κ1) is 19.9. The topological polar surface area (TPSA) is 78.4 Å². The van der Waals surface area contributed by atoms with Crippen molar-refractivity contribution in [1.29, 1.82) is 0 Å². The lowest BCUT2D eigenvalue weighted by atomic mass is 10.1. The Kier molecular flexibility index (Phi) is 7.59. The Morgan fingerprint density at radius 2 is 1.96 bits per heavy atom. The highest BCUT2D eigenvalue weighted by Crippen LogP contribution is 2.12. The van der Waals surface area contributed by atoms with Gasteiger partial charge in [0.15, 0.2) is 5.96 Å². The Bertz CT molecular complexity index is 737. The van der Waals surface area contributed by atoms with Gasteiger partial charge in [-0.05, 0) is 24.6 Å². The number of hydrogen-bond donors (Lipinski definition) is 3. The molecule has 1 aromatic heterocycles. The minimum atomic E-state index is -0.0287. The number of rotatable bonds is 7. The maximum atomic E-state index is 11.7. The van der Waals surface area contributed by atoms with E-state index in [1.807, 2.05) is 44.3 Å². The van der Waals surface area contributed by atoms with Crippen molar-refractivity contribution in [3.05, 3.63) is 45.9 Å². The fourth-order valence-corrected chi connectivity index (χ4v) is 2.99. The van der Waals surface area contributed by atoms with Gasteiger partial charge in [0.2, 0.25) is 5.91 Å². The molecule has 0 saturated heterocycles. The number of aromatic nitrogens is 1. The number of nitrogens with zero attached hydrogens (tertiary/aromatic N) is 2. The molecule has 1 amide bonds. The summed E-state index contributed by atoms with van der Waals surface area (Å²) in [4.78, 5) is 21.5. The lowest BCUT2D eigenvalue weighted by Gasteiger charge is -2.12. The molecule has 3 N–H and O–H groups in total. The summed E-state index contributed by atoms with van der Waals surface area (Å²) in [6.07, 6.45) is 2.78. The summed E-state index contributed by atoms with van der Waals surface area (Å²) in [5.74, 6) is 0.755. The monoisotopic (exact) mass is 373 g/mol. The predicted octanol–water partition coefficient (Wildman–Crippen LogP) is 2.95. The molecule has 0 unspecified atom stereocenters. The standard InChI is InChI=1S/C19H27N5OS/c1-13(2)18(25)24-16-7-5-15(6-8-16)12-23-19(20-4)21-10-9-17-22-11-14(3)26-17/h5-8,11,13H,9-10,12H2,1-4H3,(H,24,25)(H2,20,21,23). The van der Waals surface area contributed by atoms with Crippen LogP contribution in [0.2, 0.25) is 0 Å². The maximum Gasteiger partial charge on any atom is 0.226 e. The molecular formula is C19H27N5OS. The molecule has 0 radical (unpaired) electrons. The second kappa shape index (κ2) is 9.91. The summed E-state index contributed by atoms with van der Waals surface area (Å²) < 4.78 is 0. The molecule has 140 valence electrons. The smallest absolute Gasteiger partial charge is 0.226 e. The number of benzene rings is 1. The average molecular weight is 374 g/mol. The Hall–Kier alpha value is -2.41. The van der Waals surface area contributed by atoms with Crippen LogP contribution in [-0.4, -0.2) is 30.4 Å². The fraction of sp³-hybridized carbons (Fsp3) is 0.421. The number of aliphatic imine (C=N–C) groups is 1. The van der Waals surface area contributed by atoms with Gasteiger partial charge in [-0.1, -0.05) is 26.0 Å². The van der Waals surface area contributed by atoms with E-state index in [4.69, 9.17) is 0 Å². The molecule has 1 aromatic carbocycles. The Balaban J connectivity index is 1.76. The zero-order chi connectivity index (χ0) is 18.9. The van der Waals surface area contributed by atoms with E-state index < -0.39 is 0 Å². The minimum absolute atomic E-state index is 0.0240. The highest BCUT2D eigenvalue weighted by Gasteiger charge is 2.07. The van der Waals surface area contributed by atoms with Gasteiger partial charge in [-0.2, -0.15) is 0 Å². The van der Waals surface area contributed by atoms with Crippen LogP contribution in [0.4, 0.5) is 5.69 Å². The van der Waals surface area contributed by atoms with Crippen molar-refractivity contribution in [3.63, 3.8) is 0 Å². The molecule has 0 aliphatic rings. The van der Waals surface area contributed by atoms with E-state index in [1.54, 1.807) is 18.4 Å². The van der Waals surface area contributed by atoms with Crippen LogP contribution in [-0.2, 0) is 17.8 Å². The second-order valence-corrected chi connectivity index (χ2v) is 7.63. The summed E-state index contributed by atoms with van der Waals surface area (Å²) in [5.41, 5.74) is 1.93. The third kappa shape index (κ3) is 6.48. The van der Waals surface area contributed by atoms with Crippen molar-refractivity contribution >= 4 is 28.9 Å². The first-order chi connectivity index (χ1) is 12.5. The third-order valence-electron chi connectivity index (χ3n) is 3.73. The number of carbonyl (C=O) groups excluding carboxylic acids is 1. The lowest BCUT2D eigenvalue weighted by Crippen LogP contribution is -2.37. The lowest BCUT2D eigenvalue weighted by molar-refractivity contribution is -0.118. The normalized spacial score (nSPS) is 11.5. The number of guanidine groups is 1. The van der Waals surface area contributed by atoms with Gasteiger partial charge in [0.25, 0.3) is 0 Å². The quantitative estimate of drug-likeness (QED) is 0.515. The maximum absolute atomic E-state index is 11.7. The van der Waals surface area contributed by atoms with Crippen LogP contribution >= 0.6 is 11.3 Å². The Morgan fingerprint density at radius 1 is 1.23 bits per heavy atom. The molecule has 0 atom stereocenters. The van der Waals surface area contributed by atoms with E-state index in [9.17, 15) is 4.79 Å². The Labute approximate surface area is 159 Å². The molecule has 26 heavy (non-hydrogen) atoms. The number of anilines is 1. The van der Waals surface area contributed by atoms with E-state index in [0.29, 0.717) is 6.54 Å². The molecule has 2 aromatic rings. The molecule has 2 rings (SSSR count). The van der Waals surface area contributed by atoms with Crippen molar-refractivity contribution in [2.75, 3.05) is 18.9 Å². The predicted molar refractivity (Wildman–Crippen MR) is 109 cm³/mol. The SMILES string of the molecule is CN=C(NCCc1ncc(C)s1)NCc1ccc(NC(=O)C(C)C)cc1. The highest BCUT2D eigenvalue weighted by atomic mass is 32.1. The number of nitrogens with one attached hydrogen (secondary N) is 3. The van der Waals surface area contributed by atoms with Crippen molar-refractivity contribution < 1.29 is 4.79 Å². The van der Waals surface area contributed by atoms with Crippen molar-refractivity contribution in [2.24, 2.45) is 10.9 Å². The zero-order valence-corrected chi connectivity index (χ0v) is 16.6. The van der Waals surface area contributed by atoms with Crippen LogP contribution in [0.15, 0.2) is 35.5 Å². The van der Waals surface area contributed by atoms with Gasteiger partial charge >= 0.3 is 0 Å². The van der Waals surface area contributed by atoms with Crippen LogP contribution in [0.5, 0.6) is 0 Å². The third-order valence-corrected chi connectivity index (χ3v) is 4.70. The summed E-state index contributed by atoms with van der Waals surface area (Å²) in [5, 5.41) is 10.6. The van der Waals surface area contributed by atoms with Gasteiger partial charge < -0.3 is 16.0 Å².